The fraction of sp³-hybridized carbons (Fsp3) is 0.280. The third-order valence-electron chi connectivity index (χ3n) is 7.01. The first kappa shape index (κ1) is 18.4. The SMILES string of the molecule is C=CC[C@@]12CCN[C@@H]1n1c3nc4ccc(OC)cc4cc3c(=O)c3cc(OC)cc2c31. The van der Waals surface area contributed by atoms with E-state index in [1.54, 1.807) is 14.2 Å². The summed E-state index contributed by atoms with van der Waals surface area (Å²) in [4.78, 5) is 18.7. The molecule has 2 aromatic heterocycles. The maximum atomic E-state index is 13.7. The van der Waals surface area contributed by atoms with Crippen LogP contribution in [0, 0.1) is 0 Å². The van der Waals surface area contributed by atoms with Gasteiger partial charge in [-0.1, -0.05) is 6.08 Å². The number of fused-ring (bicyclic) bond motifs is 6. The van der Waals surface area contributed by atoms with Crippen LogP contribution in [0.1, 0.15) is 24.6 Å². The average Bonchev–Trinajstić information content (AvgIpc) is 3.32. The molecule has 0 saturated carbocycles. The Morgan fingerprint density at radius 3 is 2.81 bits per heavy atom. The molecule has 1 fully saturated rings. The van der Waals surface area contributed by atoms with Gasteiger partial charge in [0.2, 0.25) is 0 Å². The van der Waals surface area contributed by atoms with Gasteiger partial charge in [0.1, 0.15) is 17.1 Å². The first-order valence-electron chi connectivity index (χ1n) is 10.5. The number of hydrogen-bond acceptors (Lipinski definition) is 5. The number of hydrogen-bond donors (Lipinski definition) is 1. The summed E-state index contributed by atoms with van der Waals surface area (Å²) in [5, 5.41) is 5.84. The van der Waals surface area contributed by atoms with Crippen molar-refractivity contribution < 1.29 is 9.47 Å². The molecular weight excluding hydrogens is 390 g/mol. The van der Waals surface area contributed by atoms with Crippen molar-refractivity contribution in [2.24, 2.45) is 0 Å². The Labute approximate surface area is 179 Å². The first-order chi connectivity index (χ1) is 15.1. The van der Waals surface area contributed by atoms with E-state index in [0.717, 1.165) is 47.1 Å². The molecule has 6 nitrogen and oxygen atoms in total. The molecule has 1 N–H and O–H groups in total. The molecule has 0 bridgehead atoms. The fourth-order valence-corrected chi connectivity index (χ4v) is 5.63. The molecule has 6 heteroatoms. The minimum Gasteiger partial charge on any atom is -0.497 e. The highest BCUT2D eigenvalue weighted by Crippen LogP contribution is 2.54. The molecule has 2 aliphatic rings. The molecule has 0 unspecified atom stereocenters. The molecule has 0 aliphatic carbocycles. The molecule has 0 amide bonds. The van der Waals surface area contributed by atoms with Crippen LogP contribution in [0.4, 0.5) is 0 Å². The van der Waals surface area contributed by atoms with Crippen LogP contribution in [0.25, 0.3) is 32.8 Å². The van der Waals surface area contributed by atoms with Crippen molar-refractivity contribution in [3.05, 3.63) is 64.8 Å². The lowest BCUT2D eigenvalue weighted by molar-refractivity contribution is 0.328. The van der Waals surface area contributed by atoms with E-state index in [-0.39, 0.29) is 17.0 Å². The normalized spacial score (nSPS) is 21.7. The van der Waals surface area contributed by atoms with Crippen molar-refractivity contribution in [3.63, 3.8) is 0 Å². The molecule has 156 valence electrons. The Kier molecular flexibility index (Phi) is 3.74. The summed E-state index contributed by atoms with van der Waals surface area (Å²) in [7, 11) is 3.28. The average molecular weight is 413 g/mol. The third kappa shape index (κ3) is 2.25. The van der Waals surface area contributed by atoms with Crippen LogP contribution in [0.5, 0.6) is 11.5 Å². The number of allylic oxidation sites excluding steroid dienone is 1. The Hall–Kier alpha value is -3.38. The summed E-state index contributed by atoms with van der Waals surface area (Å²) in [5.41, 5.74) is 3.47. The van der Waals surface area contributed by atoms with E-state index in [9.17, 15) is 4.79 Å². The Morgan fingerprint density at radius 1 is 1.19 bits per heavy atom. The zero-order valence-corrected chi connectivity index (χ0v) is 17.6. The largest absolute Gasteiger partial charge is 0.497 e. The lowest BCUT2D eigenvalue weighted by Gasteiger charge is -2.29. The van der Waals surface area contributed by atoms with Crippen LogP contribution in [0.15, 0.2) is 53.8 Å². The lowest BCUT2D eigenvalue weighted by Crippen LogP contribution is -2.32. The number of benzene rings is 2. The second-order valence-electron chi connectivity index (χ2n) is 8.44. The van der Waals surface area contributed by atoms with E-state index >= 15 is 0 Å². The van der Waals surface area contributed by atoms with Gasteiger partial charge < -0.3 is 14.0 Å². The van der Waals surface area contributed by atoms with Crippen LogP contribution in [0.2, 0.25) is 0 Å². The molecule has 6 rings (SSSR count). The highest BCUT2D eigenvalue weighted by Gasteiger charge is 2.51. The lowest BCUT2D eigenvalue weighted by atomic mass is 9.76. The highest BCUT2D eigenvalue weighted by atomic mass is 16.5. The monoisotopic (exact) mass is 413 g/mol. The van der Waals surface area contributed by atoms with Crippen molar-refractivity contribution in [3.8, 4) is 11.5 Å². The van der Waals surface area contributed by atoms with Crippen molar-refractivity contribution in [1.82, 2.24) is 14.9 Å². The van der Waals surface area contributed by atoms with Crippen LogP contribution in [-0.4, -0.2) is 30.3 Å². The van der Waals surface area contributed by atoms with E-state index in [1.165, 1.54) is 0 Å². The maximum Gasteiger partial charge on any atom is 0.199 e. The van der Waals surface area contributed by atoms with Gasteiger partial charge in [-0.15, -0.1) is 6.58 Å². The standard InChI is InChI=1S/C25H23N3O3/c1-4-7-25-8-9-26-24(25)28-21-17(12-16(31-3)13-19(21)25)22(29)18-11-14-10-15(30-2)5-6-20(14)27-23(18)28/h4-6,10-13,24,26H,1,7-9H2,2-3H3/t24-,25+/m1/s1. The minimum absolute atomic E-state index is 0.0152. The van der Waals surface area contributed by atoms with E-state index < -0.39 is 0 Å². The second kappa shape index (κ2) is 6.31. The minimum atomic E-state index is -0.168. The number of pyridine rings is 2. The molecule has 1 saturated heterocycles. The molecule has 31 heavy (non-hydrogen) atoms. The summed E-state index contributed by atoms with van der Waals surface area (Å²) in [6, 6.07) is 11.6. The number of rotatable bonds is 4. The first-order valence-corrected chi connectivity index (χ1v) is 10.5. The number of ether oxygens (including phenoxy) is 2. The van der Waals surface area contributed by atoms with Crippen molar-refractivity contribution in [2.75, 3.05) is 20.8 Å². The second-order valence-corrected chi connectivity index (χ2v) is 8.44. The number of nitrogens with one attached hydrogen (secondary N) is 1. The van der Waals surface area contributed by atoms with Gasteiger partial charge >= 0.3 is 0 Å². The summed E-state index contributed by atoms with van der Waals surface area (Å²) in [6.45, 7) is 4.93. The fourth-order valence-electron chi connectivity index (χ4n) is 5.63. The maximum absolute atomic E-state index is 13.7. The van der Waals surface area contributed by atoms with Gasteiger partial charge in [0.25, 0.3) is 0 Å². The quantitative estimate of drug-likeness (QED) is 0.404. The van der Waals surface area contributed by atoms with Gasteiger partial charge in [0, 0.05) is 10.8 Å². The molecule has 2 aliphatic heterocycles. The summed E-state index contributed by atoms with van der Waals surface area (Å²) >= 11 is 0. The molecule has 4 heterocycles. The van der Waals surface area contributed by atoms with Crippen molar-refractivity contribution in [2.45, 2.75) is 24.4 Å². The number of aromatic nitrogens is 2. The van der Waals surface area contributed by atoms with Gasteiger partial charge in [-0.2, -0.15) is 0 Å². The van der Waals surface area contributed by atoms with E-state index in [1.807, 2.05) is 36.4 Å². The zero-order valence-electron chi connectivity index (χ0n) is 17.6. The van der Waals surface area contributed by atoms with E-state index in [0.29, 0.717) is 22.2 Å². The number of methoxy groups -OCH3 is 2. The van der Waals surface area contributed by atoms with Gasteiger partial charge in [-0.05, 0) is 61.3 Å². The van der Waals surface area contributed by atoms with Gasteiger partial charge in [-0.25, -0.2) is 4.98 Å². The Morgan fingerprint density at radius 2 is 2.03 bits per heavy atom. The molecule has 0 radical (unpaired) electrons. The van der Waals surface area contributed by atoms with Gasteiger partial charge in [0.05, 0.1) is 42.2 Å². The zero-order chi connectivity index (χ0) is 21.3. The summed E-state index contributed by atoms with van der Waals surface area (Å²) in [6.07, 6.45) is 3.78. The smallest absolute Gasteiger partial charge is 0.199 e. The van der Waals surface area contributed by atoms with Crippen LogP contribution in [0.3, 0.4) is 0 Å². The summed E-state index contributed by atoms with van der Waals surface area (Å²) in [5.74, 6) is 1.45. The van der Waals surface area contributed by atoms with Gasteiger partial charge in [-0.3, -0.25) is 10.1 Å². The van der Waals surface area contributed by atoms with Crippen LogP contribution < -0.4 is 20.2 Å². The molecular formula is C25H23N3O3. The molecule has 4 aromatic rings. The predicted molar refractivity (Wildman–Crippen MR) is 122 cm³/mol. The molecule has 0 spiro atoms. The van der Waals surface area contributed by atoms with Crippen LogP contribution in [-0.2, 0) is 5.41 Å². The molecule has 2 aromatic carbocycles. The highest BCUT2D eigenvalue weighted by molar-refractivity contribution is 6.00. The van der Waals surface area contributed by atoms with E-state index in [2.05, 4.69) is 22.5 Å². The van der Waals surface area contributed by atoms with E-state index in [4.69, 9.17) is 14.5 Å². The van der Waals surface area contributed by atoms with Gasteiger partial charge in [0.15, 0.2) is 5.43 Å². The Bertz CT molecular complexity index is 1470. The Balaban J connectivity index is 1.81. The van der Waals surface area contributed by atoms with Crippen molar-refractivity contribution >= 4 is 32.8 Å². The topological polar surface area (TPSA) is 65.4 Å². The predicted octanol–water partition coefficient (Wildman–Crippen LogP) is 4.04. The number of nitrogens with zero attached hydrogens (tertiary/aromatic N) is 2. The van der Waals surface area contributed by atoms with Crippen LogP contribution >= 0.6 is 0 Å². The molecule has 2 atom stereocenters. The summed E-state index contributed by atoms with van der Waals surface area (Å²) < 4.78 is 13.2. The third-order valence-corrected chi connectivity index (χ3v) is 7.01. The van der Waals surface area contributed by atoms with Crippen molar-refractivity contribution in [1.29, 1.82) is 0 Å².